The summed E-state index contributed by atoms with van der Waals surface area (Å²) in [6.45, 7) is 4.96. The zero-order valence-corrected chi connectivity index (χ0v) is 12.5. The molecule has 0 spiro atoms. The molecular formula is C13H22F3N5. The lowest BCUT2D eigenvalue weighted by molar-refractivity contribution is -0.141. The maximum absolute atomic E-state index is 12.5. The third-order valence-corrected chi connectivity index (χ3v) is 3.19. The molecule has 1 aromatic heterocycles. The van der Waals surface area contributed by atoms with Gasteiger partial charge in [0.1, 0.15) is 5.69 Å². The van der Waals surface area contributed by atoms with Crippen LogP contribution in [0.3, 0.4) is 0 Å². The molecule has 1 rings (SSSR count). The number of nitrogens with zero attached hydrogens (tertiary/aromatic N) is 2. The van der Waals surface area contributed by atoms with E-state index in [2.05, 4.69) is 34.6 Å². The van der Waals surface area contributed by atoms with Crippen molar-refractivity contribution in [3.05, 3.63) is 11.8 Å². The van der Waals surface area contributed by atoms with Gasteiger partial charge in [0.05, 0.1) is 0 Å². The average Bonchev–Trinajstić information content (AvgIpc) is 2.90. The molecule has 0 aliphatic heterocycles. The van der Waals surface area contributed by atoms with E-state index in [1.807, 2.05) is 5.10 Å². The number of halogens is 3. The highest BCUT2D eigenvalue weighted by Gasteiger charge is 2.33. The summed E-state index contributed by atoms with van der Waals surface area (Å²) in [5, 5.41) is 11.4. The summed E-state index contributed by atoms with van der Waals surface area (Å²) in [6.07, 6.45) is -1.20. The zero-order valence-electron chi connectivity index (χ0n) is 12.5. The minimum absolute atomic E-state index is 0.0824. The molecule has 0 bridgehead atoms. The predicted molar refractivity (Wildman–Crippen MR) is 77.3 cm³/mol. The van der Waals surface area contributed by atoms with Crippen LogP contribution in [0.1, 0.15) is 38.8 Å². The number of hydrogen-bond donors (Lipinski definition) is 3. The van der Waals surface area contributed by atoms with E-state index in [0.29, 0.717) is 11.9 Å². The van der Waals surface area contributed by atoms with E-state index in [0.717, 1.165) is 31.9 Å². The Balaban J connectivity index is 2.57. The van der Waals surface area contributed by atoms with E-state index >= 15 is 0 Å². The van der Waals surface area contributed by atoms with E-state index in [1.165, 1.54) is 0 Å². The number of aliphatic imine (C=N–C) groups is 1. The van der Waals surface area contributed by atoms with Crippen LogP contribution in [0.15, 0.2) is 11.1 Å². The van der Waals surface area contributed by atoms with Crippen LogP contribution in [0.2, 0.25) is 0 Å². The van der Waals surface area contributed by atoms with Crippen LogP contribution in [0, 0.1) is 5.92 Å². The first-order chi connectivity index (χ1) is 9.90. The quantitative estimate of drug-likeness (QED) is 0.558. The molecule has 0 saturated heterocycles. The number of H-pyrrole nitrogens is 1. The van der Waals surface area contributed by atoms with Gasteiger partial charge in [0.2, 0.25) is 0 Å². The second kappa shape index (κ2) is 7.90. The molecule has 0 radical (unpaired) electrons. The van der Waals surface area contributed by atoms with Crippen molar-refractivity contribution in [2.24, 2.45) is 10.9 Å². The Labute approximate surface area is 122 Å². The Morgan fingerprint density at radius 3 is 2.62 bits per heavy atom. The highest BCUT2D eigenvalue weighted by Crippen LogP contribution is 2.28. The monoisotopic (exact) mass is 305 g/mol. The number of nitrogens with one attached hydrogen (secondary N) is 3. The van der Waals surface area contributed by atoms with Crippen LogP contribution in [0.4, 0.5) is 19.0 Å². The molecule has 0 aliphatic carbocycles. The number of hydrogen-bond acceptors (Lipinski definition) is 2. The van der Waals surface area contributed by atoms with Crippen LogP contribution < -0.4 is 10.6 Å². The normalized spacial score (nSPS) is 14.1. The Morgan fingerprint density at radius 2 is 2.14 bits per heavy atom. The molecule has 8 heteroatoms. The van der Waals surface area contributed by atoms with E-state index < -0.39 is 11.9 Å². The van der Waals surface area contributed by atoms with Gasteiger partial charge >= 0.3 is 6.18 Å². The molecule has 3 N–H and O–H groups in total. The summed E-state index contributed by atoms with van der Waals surface area (Å²) in [4.78, 5) is 3.98. The minimum atomic E-state index is -4.43. The number of rotatable bonds is 6. The van der Waals surface area contributed by atoms with Crippen molar-refractivity contribution in [3.8, 4) is 0 Å². The highest BCUT2D eigenvalue weighted by molar-refractivity contribution is 5.92. The van der Waals surface area contributed by atoms with Gasteiger partial charge in [-0.05, 0) is 12.3 Å². The molecule has 21 heavy (non-hydrogen) atoms. The SMILES string of the molecule is CCCC(CC)CNC(=NC)Nc1cc(C(F)(F)F)[nH]n1. The number of guanidine groups is 1. The van der Waals surface area contributed by atoms with Crippen molar-refractivity contribution in [2.75, 3.05) is 18.9 Å². The lowest BCUT2D eigenvalue weighted by atomic mass is 10.0. The maximum Gasteiger partial charge on any atom is 0.432 e. The molecular weight excluding hydrogens is 283 g/mol. The topological polar surface area (TPSA) is 65.1 Å². The zero-order chi connectivity index (χ0) is 15.9. The predicted octanol–water partition coefficient (Wildman–Crippen LogP) is 3.24. The van der Waals surface area contributed by atoms with Crippen LogP contribution in [0.25, 0.3) is 0 Å². The van der Waals surface area contributed by atoms with Crippen molar-refractivity contribution in [1.82, 2.24) is 15.5 Å². The van der Waals surface area contributed by atoms with Crippen LogP contribution in [0.5, 0.6) is 0 Å². The summed E-state index contributed by atoms with van der Waals surface area (Å²) in [6, 6.07) is 0.913. The van der Waals surface area contributed by atoms with E-state index in [9.17, 15) is 13.2 Å². The van der Waals surface area contributed by atoms with Gasteiger partial charge in [-0.2, -0.15) is 18.3 Å². The molecule has 0 aromatic carbocycles. The summed E-state index contributed by atoms with van der Waals surface area (Å²) < 4.78 is 37.4. The summed E-state index contributed by atoms with van der Waals surface area (Å²) in [5.74, 6) is 1.00. The fourth-order valence-electron chi connectivity index (χ4n) is 1.93. The Kier molecular flexibility index (Phi) is 6.51. The van der Waals surface area contributed by atoms with Crippen LogP contribution in [-0.2, 0) is 6.18 Å². The van der Waals surface area contributed by atoms with Gasteiger partial charge in [0, 0.05) is 19.7 Å². The molecule has 1 aromatic rings. The fourth-order valence-corrected chi connectivity index (χ4v) is 1.93. The second-order valence-electron chi connectivity index (χ2n) is 4.81. The van der Waals surface area contributed by atoms with Crippen LogP contribution in [-0.4, -0.2) is 29.7 Å². The molecule has 1 atom stereocenters. The molecule has 5 nitrogen and oxygen atoms in total. The second-order valence-corrected chi connectivity index (χ2v) is 4.81. The molecule has 0 amide bonds. The summed E-state index contributed by atoms with van der Waals surface area (Å²) in [5.41, 5.74) is -0.891. The van der Waals surface area contributed by atoms with E-state index in [4.69, 9.17) is 0 Å². The van der Waals surface area contributed by atoms with Crippen molar-refractivity contribution < 1.29 is 13.2 Å². The lowest BCUT2D eigenvalue weighted by Crippen LogP contribution is -2.34. The first-order valence-corrected chi connectivity index (χ1v) is 7.00. The van der Waals surface area contributed by atoms with Gasteiger partial charge in [-0.15, -0.1) is 0 Å². The van der Waals surface area contributed by atoms with E-state index in [1.54, 1.807) is 7.05 Å². The lowest BCUT2D eigenvalue weighted by Gasteiger charge is -2.16. The highest BCUT2D eigenvalue weighted by atomic mass is 19.4. The Morgan fingerprint density at radius 1 is 1.43 bits per heavy atom. The molecule has 120 valence electrons. The first-order valence-electron chi connectivity index (χ1n) is 7.00. The van der Waals surface area contributed by atoms with Gasteiger partial charge in [0.15, 0.2) is 11.8 Å². The van der Waals surface area contributed by atoms with E-state index in [-0.39, 0.29) is 5.82 Å². The minimum Gasteiger partial charge on any atom is -0.356 e. The smallest absolute Gasteiger partial charge is 0.356 e. The molecule has 0 saturated carbocycles. The van der Waals surface area contributed by atoms with Gasteiger partial charge in [-0.1, -0.05) is 26.7 Å². The van der Waals surface area contributed by atoms with Crippen molar-refractivity contribution in [3.63, 3.8) is 0 Å². The van der Waals surface area contributed by atoms with Crippen LogP contribution >= 0.6 is 0 Å². The Bertz CT molecular complexity index is 453. The number of aromatic amines is 1. The molecule has 0 aliphatic rings. The van der Waals surface area contributed by atoms with Crippen molar-refractivity contribution in [1.29, 1.82) is 0 Å². The van der Waals surface area contributed by atoms with Crippen molar-refractivity contribution >= 4 is 11.8 Å². The van der Waals surface area contributed by atoms with Gasteiger partial charge < -0.3 is 10.6 Å². The average molecular weight is 305 g/mol. The van der Waals surface area contributed by atoms with Gasteiger partial charge in [-0.3, -0.25) is 10.1 Å². The fraction of sp³-hybridized carbons (Fsp3) is 0.692. The number of aromatic nitrogens is 2. The van der Waals surface area contributed by atoms with Gasteiger partial charge in [-0.25, -0.2) is 0 Å². The third-order valence-electron chi connectivity index (χ3n) is 3.19. The number of anilines is 1. The standard InChI is InChI=1S/C13H22F3N5/c1-4-6-9(5-2)8-18-12(17-3)19-11-7-10(20-21-11)13(14,15)16/h7,9H,4-6,8H2,1-3H3,(H3,17,18,19,20,21). The summed E-state index contributed by atoms with van der Waals surface area (Å²) in [7, 11) is 1.56. The van der Waals surface area contributed by atoms with Crippen molar-refractivity contribution in [2.45, 2.75) is 39.3 Å². The molecule has 1 unspecified atom stereocenters. The first kappa shape index (κ1) is 17.3. The maximum atomic E-state index is 12.5. The molecule has 0 fully saturated rings. The third kappa shape index (κ3) is 5.65. The molecule has 1 heterocycles. The van der Waals surface area contributed by atoms with Gasteiger partial charge in [0.25, 0.3) is 0 Å². The number of alkyl halides is 3. The largest absolute Gasteiger partial charge is 0.432 e. The summed E-state index contributed by atoms with van der Waals surface area (Å²) >= 11 is 0. The Hall–Kier alpha value is -1.73.